The van der Waals surface area contributed by atoms with Crippen LogP contribution in [0.3, 0.4) is 0 Å². The summed E-state index contributed by atoms with van der Waals surface area (Å²) in [4.78, 5) is 14.6. The van der Waals surface area contributed by atoms with E-state index < -0.39 is 0 Å². The van der Waals surface area contributed by atoms with Crippen LogP contribution in [0.1, 0.15) is 53.6 Å². The molecule has 1 amide bonds. The number of anilines is 1. The van der Waals surface area contributed by atoms with Crippen molar-refractivity contribution in [1.82, 2.24) is 25.1 Å². The largest absolute Gasteiger partial charge is 0.322 e. The van der Waals surface area contributed by atoms with Crippen molar-refractivity contribution in [3.8, 4) is 0 Å². The molecule has 1 saturated carbocycles. The minimum absolute atomic E-state index is 0.109. The molecule has 0 saturated heterocycles. The number of hydrogen-bond donors (Lipinski definition) is 1. The zero-order valence-corrected chi connectivity index (χ0v) is 16.1. The zero-order valence-electron chi connectivity index (χ0n) is 16.1. The molecule has 0 bridgehead atoms. The van der Waals surface area contributed by atoms with E-state index in [4.69, 9.17) is 0 Å². The molecule has 1 aliphatic carbocycles. The Morgan fingerprint density at radius 1 is 1.21 bits per heavy atom. The highest BCUT2D eigenvalue weighted by Gasteiger charge is 2.28. The predicted molar refractivity (Wildman–Crippen MR) is 107 cm³/mol. The first-order valence-corrected chi connectivity index (χ1v) is 9.55. The van der Waals surface area contributed by atoms with Gasteiger partial charge in [0.15, 0.2) is 5.82 Å². The standard InChI is InChI=1S/C21H24N6O/c1-15(26(2)14-20-23-24-25-27(20)19-11-12-19)17-9-6-10-18(13-17)22-21(28)16-7-4-3-5-8-16/h3-10,13,15,19H,11-12,14H2,1-2H3,(H,22,28)/t15-/m1/s1. The topological polar surface area (TPSA) is 75.9 Å². The second-order valence-corrected chi connectivity index (χ2v) is 7.31. The molecule has 2 aromatic carbocycles. The van der Waals surface area contributed by atoms with Crippen LogP contribution >= 0.6 is 0 Å². The molecule has 144 valence electrons. The van der Waals surface area contributed by atoms with Gasteiger partial charge in [-0.3, -0.25) is 9.69 Å². The second-order valence-electron chi connectivity index (χ2n) is 7.31. The van der Waals surface area contributed by atoms with Crippen LogP contribution in [0.5, 0.6) is 0 Å². The number of carbonyl (C=O) groups excluding carboxylic acids is 1. The molecular weight excluding hydrogens is 352 g/mol. The number of rotatable bonds is 7. The van der Waals surface area contributed by atoms with Gasteiger partial charge in [-0.2, -0.15) is 0 Å². The minimum atomic E-state index is -0.109. The third-order valence-corrected chi connectivity index (χ3v) is 5.17. The van der Waals surface area contributed by atoms with E-state index >= 15 is 0 Å². The number of hydrogen-bond acceptors (Lipinski definition) is 5. The normalized spacial score (nSPS) is 14.8. The number of aromatic nitrogens is 4. The first-order chi connectivity index (χ1) is 13.6. The van der Waals surface area contributed by atoms with Crippen LogP contribution < -0.4 is 5.32 Å². The number of carbonyl (C=O) groups is 1. The summed E-state index contributed by atoms with van der Waals surface area (Å²) in [7, 11) is 2.06. The van der Waals surface area contributed by atoms with Crippen LogP contribution in [0.4, 0.5) is 5.69 Å². The minimum Gasteiger partial charge on any atom is -0.322 e. The van der Waals surface area contributed by atoms with Crippen molar-refractivity contribution in [2.75, 3.05) is 12.4 Å². The molecule has 0 radical (unpaired) electrons. The maximum absolute atomic E-state index is 12.4. The smallest absolute Gasteiger partial charge is 0.255 e. The molecule has 1 atom stereocenters. The monoisotopic (exact) mass is 376 g/mol. The first-order valence-electron chi connectivity index (χ1n) is 9.55. The van der Waals surface area contributed by atoms with Crippen LogP contribution in [-0.4, -0.2) is 38.1 Å². The fourth-order valence-electron chi connectivity index (χ4n) is 3.20. The van der Waals surface area contributed by atoms with Crippen LogP contribution in [-0.2, 0) is 6.54 Å². The maximum Gasteiger partial charge on any atom is 0.255 e. The highest BCUT2D eigenvalue weighted by atomic mass is 16.1. The Kier molecular flexibility index (Phi) is 5.16. The van der Waals surface area contributed by atoms with Crippen LogP contribution in [0.15, 0.2) is 54.6 Å². The lowest BCUT2D eigenvalue weighted by Crippen LogP contribution is -2.24. The molecule has 4 rings (SSSR count). The second kappa shape index (κ2) is 7.90. The molecule has 0 aliphatic heterocycles. The van der Waals surface area contributed by atoms with Crippen LogP contribution in [0, 0.1) is 0 Å². The summed E-state index contributed by atoms with van der Waals surface area (Å²) in [6.07, 6.45) is 2.31. The van der Waals surface area contributed by atoms with Crippen molar-refractivity contribution in [2.24, 2.45) is 0 Å². The number of nitrogens with one attached hydrogen (secondary N) is 1. The maximum atomic E-state index is 12.4. The molecule has 1 heterocycles. The van der Waals surface area contributed by atoms with Gasteiger partial charge < -0.3 is 5.32 Å². The lowest BCUT2D eigenvalue weighted by Gasteiger charge is -2.25. The lowest BCUT2D eigenvalue weighted by molar-refractivity contribution is 0.102. The van der Waals surface area contributed by atoms with Gasteiger partial charge in [0.1, 0.15) is 0 Å². The average molecular weight is 376 g/mol. The molecule has 3 aromatic rings. The molecule has 7 heteroatoms. The number of tetrazole rings is 1. The summed E-state index contributed by atoms with van der Waals surface area (Å²) >= 11 is 0. The van der Waals surface area contributed by atoms with Crippen molar-refractivity contribution in [3.63, 3.8) is 0 Å². The fourth-order valence-corrected chi connectivity index (χ4v) is 3.20. The summed E-state index contributed by atoms with van der Waals surface area (Å²) in [5.74, 6) is 0.785. The predicted octanol–water partition coefficient (Wildman–Crippen LogP) is 3.45. The van der Waals surface area contributed by atoms with Gasteiger partial charge in [-0.1, -0.05) is 30.3 Å². The number of nitrogens with zero attached hydrogens (tertiary/aromatic N) is 5. The van der Waals surface area contributed by atoms with Crippen molar-refractivity contribution in [2.45, 2.75) is 38.4 Å². The number of amides is 1. The Morgan fingerprint density at radius 2 is 2.00 bits per heavy atom. The zero-order chi connectivity index (χ0) is 19.5. The van der Waals surface area contributed by atoms with Gasteiger partial charge in [0.25, 0.3) is 5.91 Å². The first kappa shape index (κ1) is 18.3. The van der Waals surface area contributed by atoms with E-state index in [1.807, 2.05) is 41.1 Å². The van der Waals surface area contributed by atoms with E-state index in [-0.39, 0.29) is 11.9 Å². The molecule has 0 spiro atoms. The summed E-state index contributed by atoms with van der Waals surface area (Å²) in [6, 6.07) is 17.8. The van der Waals surface area contributed by atoms with E-state index in [2.05, 4.69) is 45.8 Å². The highest BCUT2D eigenvalue weighted by Crippen LogP contribution is 2.34. The third-order valence-electron chi connectivity index (χ3n) is 5.17. The Hall–Kier alpha value is -3.06. The van der Waals surface area contributed by atoms with Crippen LogP contribution in [0.25, 0.3) is 0 Å². The lowest BCUT2D eigenvalue weighted by atomic mass is 10.1. The summed E-state index contributed by atoms with van der Waals surface area (Å²) in [6.45, 7) is 2.81. The molecule has 0 unspecified atom stereocenters. The molecule has 28 heavy (non-hydrogen) atoms. The Balaban J connectivity index is 1.44. The summed E-state index contributed by atoms with van der Waals surface area (Å²) in [5, 5.41) is 15.1. The van der Waals surface area contributed by atoms with Gasteiger partial charge in [0.05, 0.1) is 12.6 Å². The van der Waals surface area contributed by atoms with E-state index in [0.717, 1.165) is 29.9 Å². The Morgan fingerprint density at radius 3 is 2.75 bits per heavy atom. The Labute approximate surface area is 164 Å². The van der Waals surface area contributed by atoms with Gasteiger partial charge in [-0.15, -0.1) is 5.10 Å². The van der Waals surface area contributed by atoms with Crippen LogP contribution in [0.2, 0.25) is 0 Å². The van der Waals surface area contributed by atoms with Crippen molar-refractivity contribution in [1.29, 1.82) is 0 Å². The summed E-state index contributed by atoms with van der Waals surface area (Å²) in [5.41, 5.74) is 2.55. The molecular formula is C21H24N6O. The van der Waals surface area contributed by atoms with Gasteiger partial charge >= 0.3 is 0 Å². The quantitative estimate of drug-likeness (QED) is 0.683. The fraction of sp³-hybridized carbons (Fsp3) is 0.333. The highest BCUT2D eigenvalue weighted by molar-refractivity contribution is 6.04. The molecule has 7 nitrogen and oxygen atoms in total. The van der Waals surface area contributed by atoms with Crippen molar-refractivity contribution >= 4 is 11.6 Å². The Bertz CT molecular complexity index is 950. The van der Waals surface area contributed by atoms with Crippen molar-refractivity contribution < 1.29 is 4.79 Å². The van der Waals surface area contributed by atoms with E-state index in [1.165, 1.54) is 0 Å². The summed E-state index contributed by atoms with van der Waals surface area (Å²) < 4.78 is 1.94. The van der Waals surface area contributed by atoms with Crippen molar-refractivity contribution in [3.05, 3.63) is 71.5 Å². The van der Waals surface area contributed by atoms with E-state index in [0.29, 0.717) is 18.2 Å². The van der Waals surface area contributed by atoms with E-state index in [1.54, 1.807) is 12.1 Å². The number of benzene rings is 2. The molecule has 1 fully saturated rings. The molecule has 1 aromatic heterocycles. The van der Waals surface area contributed by atoms with Gasteiger partial charge in [0, 0.05) is 17.3 Å². The molecule has 1 N–H and O–H groups in total. The van der Waals surface area contributed by atoms with Gasteiger partial charge in [-0.05, 0) is 67.1 Å². The van der Waals surface area contributed by atoms with Gasteiger partial charge in [0.2, 0.25) is 0 Å². The average Bonchev–Trinajstić information content (AvgIpc) is 3.47. The van der Waals surface area contributed by atoms with Gasteiger partial charge in [-0.25, -0.2) is 4.68 Å². The third kappa shape index (κ3) is 4.09. The van der Waals surface area contributed by atoms with E-state index in [9.17, 15) is 4.79 Å². The SMILES string of the molecule is C[C@H](c1cccc(NC(=O)c2ccccc2)c1)N(C)Cc1nnnn1C1CC1. The molecule has 1 aliphatic rings.